The molecule has 0 saturated heterocycles. The summed E-state index contributed by atoms with van der Waals surface area (Å²) in [5.41, 5.74) is 1.49. The molecule has 1 aromatic carbocycles. The van der Waals surface area contributed by atoms with Crippen molar-refractivity contribution in [3.05, 3.63) is 21.7 Å². The Morgan fingerprint density at radius 1 is 1.54 bits per heavy atom. The predicted molar refractivity (Wildman–Crippen MR) is 50.4 cm³/mol. The summed E-state index contributed by atoms with van der Waals surface area (Å²) in [6, 6.07) is 1.67. The lowest BCUT2D eigenvalue weighted by molar-refractivity contribution is 0.112. The summed E-state index contributed by atoms with van der Waals surface area (Å²) >= 11 is 3.33. The van der Waals surface area contributed by atoms with E-state index in [0.717, 1.165) is 22.1 Å². The van der Waals surface area contributed by atoms with E-state index in [-0.39, 0.29) is 6.79 Å². The van der Waals surface area contributed by atoms with Crippen molar-refractivity contribution in [2.24, 2.45) is 0 Å². The van der Waals surface area contributed by atoms with Gasteiger partial charge in [0, 0.05) is 15.6 Å². The number of benzene rings is 1. The fraction of sp³-hybridized carbons (Fsp3) is 0.222. The van der Waals surface area contributed by atoms with Crippen molar-refractivity contribution in [2.75, 3.05) is 6.79 Å². The molecule has 0 aliphatic carbocycles. The number of fused-ring (bicyclic) bond motifs is 1. The van der Waals surface area contributed by atoms with E-state index in [2.05, 4.69) is 15.9 Å². The second kappa shape index (κ2) is 3.03. The third-order valence-corrected chi connectivity index (χ3v) is 3.03. The van der Waals surface area contributed by atoms with E-state index in [1.165, 1.54) is 0 Å². The average Bonchev–Trinajstić information content (AvgIpc) is 2.59. The predicted octanol–water partition coefficient (Wildman–Crippen LogP) is 2.30. The van der Waals surface area contributed by atoms with Crippen molar-refractivity contribution < 1.29 is 14.3 Å². The van der Waals surface area contributed by atoms with E-state index in [0.29, 0.717) is 11.3 Å². The summed E-state index contributed by atoms with van der Waals surface area (Å²) in [5.74, 6) is 1.36. The van der Waals surface area contributed by atoms with Crippen LogP contribution in [0.4, 0.5) is 0 Å². The van der Waals surface area contributed by atoms with Gasteiger partial charge in [0.15, 0.2) is 17.8 Å². The molecule has 0 amide bonds. The van der Waals surface area contributed by atoms with Gasteiger partial charge in [-0.3, -0.25) is 4.79 Å². The monoisotopic (exact) mass is 242 g/mol. The first kappa shape index (κ1) is 8.56. The average molecular weight is 243 g/mol. The van der Waals surface area contributed by atoms with Crippen LogP contribution in [0.1, 0.15) is 15.9 Å². The van der Waals surface area contributed by atoms with Crippen LogP contribution in [-0.2, 0) is 0 Å². The second-order valence-electron chi connectivity index (χ2n) is 2.76. The van der Waals surface area contributed by atoms with Crippen LogP contribution in [-0.4, -0.2) is 13.1 Å². The minimum Gasteiger partial charge on any atom is -0.454 e. The second-order valence-corrected chi connectivity index (χ2v) is 3.55. The van der Waals surface area contributed by atoms with Crippen LogP contribution < -0.4 is 9.47 Å². The molecular weight excluding hydrogens is 236 g/mol. The lowest BCUT2D eigenvalue weighted by Crippen LogP contribution is -1.93. The maximum Gasteiger partial charge on any atom is 0.231 e. The molecule has 2 rings (SSSR count). The molecule has 68 valence electrons. The van der Waals surface area contributed by atoms with Gasteiger partial charge >= 0.3 is 0 Å². The van der Waals surface area contributed by atoms with Gasteiger partial charge < -0.3 is 9.47 Å². The van der Waals surface area contributed by atoms with Crippen molar-refractivity contribution in [1.29, 1.82) is 0 Å². The molecule has 0 radical (unpaired) electrons. The minimum atomic E-state index is 0.227. The van der Waals surface area contributed by atoms with Crippen molar-refractivity contribution in [2.45, 2.75) is 6.92 Å². The minimum absolute atomic E-state index is 0.227. The number of rotatable bonds is 1. The molecule has 13 heavy (non-hydrogen) atoms. The molecule has 4 heteroatoms. The number of carbonyl (C=O) groups is 1. The maximum atomic E-state index is 10.7. The molecule has 0 N–H and O–H groups in total. The number of hydrogen-bond donors (Lipinski definition) is 0. The van der Waals surface area contributed by atoms with Gasteiger partial charge in [0.2, 0.25) is 6.79 Å². The van der Waals surface area contributed by atoms with Gasteiger partial charge in [-0.1, -0.05) is 0 Å². The standard InChI is InChI=1S/C9H7BrO3/c1-5-8(10)6(3-11)2-7-9(5)13-4-12-7/h2-3H,4H2,1H3. The normalized spacial score (nSPS) is 13.1. The summed E-state index contributed by atoms with van der Waals surface area (Å²) < 4.78 is 11.2. The maximum absolute atomic E-state index is 10.7. The molecule has 0 spiro atoms. The van der Waals surface area contributed by atoms with E-state index in [1.54, 1.807) is 6.07 Å². The fourth-order valence-electron chi connectivity index (χ4n) is 1.30. The molecule has 0 fully saturated rings. The lowest BCUT2D eigenvalue weighted by Gasteiger charge is -2.05. The molecular formula is C9H7BrO3. The Balaban J connectivity index is 2.68. The van der Waals surface area contributed by atoms with Gasteiger partial charge in [-0.2, -0.15) is 0 Å². The van der Waals surface area contributed by atoms with Crippen LogP contribution in [0.3, 0.4) is 0 Å². The summed E-state index contributed by atoms with van der Waals surface area (Å²) in [6.45, 7) is 2.11. The molecule has 0 unspecified atom stereocenters. The summed E-state index contributed by atoms with van der Waals surface area (Å²) in [5, 5.41) is 0. The number of ether oxygens (including phenoxy) is 2. The first-order chi connectivity index (χ1) is 6.24. The first-order valence-corrected chi connectivity index (χ1v) is 4.57. The molecule has 1 aliphatic rings. The van der Waals surface area contributed by atoms with Crippen LogP contribution in [0.15, 0.2) is 10.5 Å². The largest absolute Gasteiger partial charge is 0.454 e. The molecule has 1 aliphatic heterocycles. The van der Waals surface area contributed by atoms with E-state index >= 15 is 0 Å². The van der Waals surface area contributed by atoms with E-state index < -0.39 is 0 Å². The molecule has 0 aromatic heterocycles. The van der Waals surface area contributed by atoms with Crippen molar-refractivity contribution in [3.63, 3.8) is 0 Å². The Hall–Kier alpha value is -1.03. The van der Waals surface area contributed by atoms with Gasteiger partial charge in [-0.15, -0.1) is 0 Å². The van der Waals surface area contributed by atoms with Crippen LogP contribution in [0.2, 0.25) is 0 Å². The van der Waals surface area contributed by atoms with Gasteiger partial charge in [0.05, 0.1) is 0 Å². The Morgan fingerprint density at radius 2 is 2.31 bits per heavy atom. The molecule has 0 bridgehead atoms. The van der Waals surface area contributed by atoms with E-state index in [4.69, 9.17) is 9.47 Å². The van der Waals surface area contributed by atoms with Crippen molar-refractivity contribution in [3.8, 4) is 11.5 Å². The summed E-state index contributed by atoms with van der Waals surface area (Å²) in [7, 11) is 0. The van der Waals surface area contributed by atoms with Crippen LogP contribution >= 0.6 is 15.9 Å². The highest BCUT2D eigenvalue weighted by Crippen LogP contribution is 2.40. The van der Waals surface area contributed by atoms with Gasteiger partial charge in [0.25, 0.3) is 0 Å². The van der Waals surface area contributed by atoms with Crippen LogP contribution in [0.25, 0.3) is 0 Å². The molecule has 0 atom stereocenters. The van der Waals surface area contributed by atoms with Crippen LogP contribution in [0, 0.1) is 6.92 Å². The third kappa shape index (κ3) is 1.21. The fourth-order valence-corrected chi connectivity index (χ4v) is 1.68. The van der Waals surface area contributed by atoms with Gasteiger partial charge in [0.1, 0.15) is 0 Å². The highest BCUT2D eigenvalue weighted by Gasteiger charge is 2.20. The SMILES string of the molecule is Cc1c(Br)c(C=O)cc2c1OCO2. The van der Waals surface area contributed by atoms with E-state index in [1.807, 2.05) is 6.92 Å². The Kier molecular flexibility index (Phi) is 2.00. The summed E-state index contributed by atoms with van der Waals surface area (Å²) in [4.78, 5) is 10.7. The number of hydrogen-bond acceptors (Lipinski definition) is 3. The highest BCUT2D eigenvalue weighted by molar-refractivity contribution is 9.10. The number of carbonyl (C=O) groups excluding carboxylic acids is 1. The zero-order valence-electron chi connectivity index (χ0n) is 6.96. The molecule has 1 heterocycles. The molecule has 1 aromatic rings. The number of halogens is 1. The quantitative estimate of drug-likeness (QED) is 0.710. The van der Waals surface area contributed by atoms with Crippen LogP contribution in [0.5, 0.6) is 11.5 Å². The first-order valence-electron chi connectivity index (χ1n) is 3.78. The topological polar surface area (TPSA) is 35.5 Å². The third-order valence-electron chi connectivity index (χ3n) is 1.98. The zero-order valence-corrected chi connectivity index (χ0v) is 8.55. The van der Waals surface area contributed by atoms with Crippen molar-refractivity contribution in [1.82, 2.24) is 0 Å². The van der Waals surface area contributed by atoms with Gasteiger partial charge in [-0.25, -0.2) is 0 Å². The Morgan fingerprint density at radius 3 is 3.00 bits per heavy atom. The van der Waals surface area contributed by atoms with Crippen molar-refractivity contribution >= 4 is 22.2 Å². The molecule has 3 nitrogen and oxygen atoms in total. The Bertz CT molecular complexity index is 374. The number of aldehydes is 1. The van der Waals surface area contributed by atoms with Gasteiger partial charge in [-0.05, 0) is 28.9 Å². The highest BCUT2D eigenvalue weighted by atomic mass is 79.9. The smallest absolute Gasteiger partial charge is 0.231 e. The molecule has 0 saturated carbocycles. The zero-order chi connectivity index (χ0) is 9.42. The summed E-state index contributed by atoms with van der Waals surface area (Å²) in [6.07, 6.45) is 0.791. The lowest BCUT2D eigenvalue weighted by atomic mass is 10.1. The Labute approximate surface area is 83.8 Å². The van der Waals surface area contributed by atoms with E-state index in [9.17, 15) is 4.79 Å².